The number of pyridine rings is 1. The highest BCUT2D eigenvalue weighted by Gasteiger charge is 2.56. The van der Waals surface area contributed by atoms with Gasteiger partial charge < -0.3 is 10.1 Å². The van der Waals surface area contributed by atoms with Crippen LogP contribution >= 0.6 is 0 Å². The van der Waals surface area contributed by atoms with Gasteiger partial charge in [-0.15, -0.1) is 0 Å². The molecule has 1 heterocycles. The van der Waals surface area contributed by atoms with Crippen molar-refractivity contribution >= 4 is 0 Å². The van der Waals surface area contributed by atoms with Gasteiger partial charge >= 0.3 is 0 Å². The number of aromatic nitrogens is 1. The standard InChI is InChI=1S/C17H26N2O/c1-2-10-19-15-12-16(17(15)8-4-3-5-9-17)20-14-7-6-11-18-13-14/h6-7,11,13,15-16,19H,2-5,8-10,12H2,1H3. The van der Waals surface area contributed by atoms with Crippen molar-refractivity contribution in [1.29, 1.82) is 0 Å². The predicted molar refractivity (Wildman–Crippen MR) is 80.9 cm³/mol. The van der Waals surface area contributed by atoms with Crippen molar-refractivity contribution in [3.63, 3.8) is 0 Å². The maximum Gasteiger partial charge on any atom is 0.138 e. The van der Waals surface area contributed by atoms with Crippen LogP contribution in [0.15, 0.2) is 24.5 Å². The molecule has 2 aliphatic carbocycles. The number of nitrogens with one attached hydrogen (secondary N) is 1. The van der Waals surface area contributed by atoms with Crippen LogP contribution in [0, 0.1) is 5.41 Å². The third kappa shape index (κ3) is 2.56. The molecule has 2 atom stereocenters. The summed E-state index contributed by atoms with van der Waals surface area (Å²) in [6.07, 6.45) is 13.1. The second kappa shape index (κ2) is 6.13. The molecule has 1 spiro atoms. The van der Waals surface area contributed by atoms with Crippen LogP contribution in [0.1, 0.15) is 51.9 Å². The molecule has 0 amide bonds. The van der Waals surface area contributed by atoms with Crippen LogP contribution in [0.2, 0.25) is 0 Å². The molecule has 0 radical (unpaired) electrons. The molecule has 1 aromatic heterocycles. The van der Waals surface area contributed by atoms with E-state index in [-0.39, 0.29) is 0 Å². The maximum absolute atomic E-state index is 6.25. The SMILES string of the molecule is CCCNC1CC(Oc2cccnc2)C12CCCCC2. The van der Waals surface area contributed by atoms with Crippen molar-refractivity contribution < 1.29 is 4.74 Å². The van der Waals surface area contributed by atoms with E-state index in [0.717, 1.165) is 18.7 Å². The monoisotopic (exact) mass is 274 g/mol. The van der Waals surface area contributed by atoms with Crippen LogP contribution in [0.3, 0.4) is 0 Å². The van der Waals surface area contributed by atoms with Gasteiger partial charge in [-0.3, -0.25) is 4.98 Å². The minimum Gasteiger partial charge on any atom is -0.488 e. The Kier molecular flexibility index (Phi) is 4.25. The summed E-state index contributed by atoms with van der Waals surface area (Å²) in [5.41, 5.74) is 0.378. The van der Waals surface area contributed by atoms with E-state index in [1.54, 1.807) is 6.20 Å². The number of ether oxygens (including phenoxy) is 1. The molecule has 3 nitrogen and oxygen atoms in total. The Labute approximate surface area is 122 Å². The fourth-order valence-corrected chi connectivity index (χ4v) is 3.98. The van der Waals surface area contributed by atoms with Gasteiger partial charge in [-0.2, -0.15) is 0 Å². The Morgan fingerprint density at radius 2 is 2.20 bits per heavy atom. The van der Waals surface area contributed by atoms with E-state index in [1.165, 1.54) is 38.5 Å². The first kappa shape index (κ1) is 13.9. The summed E-state index contributed by atoms with van der Waals surface area (Å²) in [5, 5.41) is 3.75. The molecule has 0 bridgehead atoms. The fraction of sp³-hybridized carbons (Fsp3) is 0.706. The van der Waals surface area contributed by atoms with Crippen molar-refractivity contribution in [2.75, 3.05) is 6.54 Å². The van der Waals surface area contributed by atoms with Gasteiger partial charge in [0.05, 0.1) is 6.20 Å². The Hall–Kier alpha value is -1.09. The summed E-state index contributed by atoms with van der Waals surface area (Å²) in [5.74, 6) is 0.927. The van der Waals surface area contributed by atoms with Gasteiger partial charge in [0.2, 0.25) is 0 Å². The summed E-state index contributed by atoms with van der Waals surface area (Å²) < 4.78 is 6.25. The average molecular weight is 274 g/mol. The lowest BCUT2D eigenvalue weighted by Crippen LogP contribution is -2.65. The topological polar surface area (TPSA) is 34.1 Å². The zero-order valence-corrected chi connectivity index (χ0v) is 12.5. The third-order valence-corrected chi connectivity index (χ3v) is 5.12. The first-order valence-corrected chi connectivity index (χ1v) is 8.15. The van der Waals surface area contributed by atoms with Crippen molar-refractivity contribution in [3.8, 4) is 5.75 Å². The summed E-state index contributed by atoms with van der Waals surface area (Å²) >= 11 is 0. The summed E-state index contributed by atoms with van der Waals surface area (Å²) in [4.78, 5) is 4.16. The third-order valence-electron chi connectivity index (χ3n) is 5.12. The van der Waals surface area contributed by atoms with E-state index >= 15 is 0 Å². The Bertz CT molecular complexity index is 414. The maximum atomic E-state index is 6.25. The van der Waals surface area contributed by atoms with Crippen molar-refractivity contribution in [2.24, 2.45) is 5.41 Å². The summed E-state index contributed by atoms with van der Waals surface area (Å²) in [7, 11) is 0. The molecule has 2 fully saturated rings. The molecule has 0 aliphatic heterocycles. The first-order chi connectivity index (χ1) is 9.85. The molecule has 1 N–H and O–H groups in total. The minimum atomic E-state index is 0.376. The molecular formula is C17H26N2O. The number of rotatable bonds is 5. The lowest BCUT2D eigenvalue weighted by molar-refractivity contribution is -0.103. The number of nitrogens with zero attached hydrogens (tertiary/aromatic N) is 1. The van der Waals surface area contributed by atoms with Gasteiger partial charge in [-0.05, 0) is 37.9 Å². The highest BCUT2D eigenvalue weighted by Crippen LogP contribution is 2.53. The highest BCUT2D eigenvalue weighted by molar-refractivity contribution is 5.19. The first-order valence-electron chi connectivity index (χ1n) is 8.15. The average Bonchev–Trinajstić information content (AvgIpc) is 2.52. The zero-order chi connectivity index (χ0) is 13.8. The lowest BCUT2D eigenvalue weighted by Gasteiger charge is -2.57. The molecule has 0 aromatic carbocycles. The molecule has 2 aliphatic rings. The van der Waals surface area contributed by atoms with E-state index in [1.807, 2.05) is 18.3 Å². The van der Waals surface area contributed by atoms with Gasteiger partial charge in [0.15, 0.2) is 0 Å². The Morgan fingerprint density at radius 3 is 2.90 bits per heavy atom. The molecule has 0 saturated heterocycles. The van der Waals surface area contributed by atoms with Crippen LogP contribution in [-0.4, -0.2) is 23.7 Å². The molecular weight excluding hydrogens is 248 g/mol. The van der Waals surface area contributed by atoms with E-state index in [9.17, 15) is 0 Å². The van der Waals surface area contributed by atoms with Crippen LogP contribution in [0.4, 0.5) is 0 Å². The van der Waals surface area contributed by atoms with Crippen molar-refractivity contribution in [3.05, 3.63) is 24.5 Å². The fourth-order valence-electron chi connectivity index (χ4n) is 3.98. The summed E-state index contributed by atoms with van der Waals surface area (Å²) in [6.45, 7) is 3.37. The second-order valence-corrected chi connectivity index (χ2v) is 6.33. The Morgan fingerprint density at radius 1 is 1.35 bits per heavy atom. The zero-order valence-electron chi connectivity index (χ0n) is 12.5. The van der Waals surface area contributed by atoms with Crippen LogP contribution in [0.25, 0.3) is 0 Å². The quantitative estimate of drug-likeness (QED) is 0.891. The van der Waals surface area contributed by atoms with Gasteiger partial charge in [0, 0.05) is 24.1 Å². The molecule has 2 saturated carbocycles. The van der Waals surface area contributed by atoms with E-state index < -0.39 is 0 Å². The molecule has 3 heteroatoms. The molecule has 110 valence electrons. The number of hydrogen-bond donors (Lipinski definition) is 1. The molecule has 2 unspecified atom stereocenters. The smallest absolute Gasteiger partial charge is 0.138 e. The van der Waals surface area contributed by atoms with Crippen LogP contribution in [0.5, 0.6) is 5.75 Å². The second-order valence-electron chi connectivity index (χ2n) is 6.33. The van der Waals surface area contributed by atoms with Gasteiger partial charge in [0.1, 0.15) is 11.9 Å². The van der Waals surface area contributed by atoms with Crippen molar-refractivity contribution in [1.82, 2.24) is 10.3 Å². The normalized spacial score (nSPS) is 28.1. The van der Waals surface area contributed by atoms with Crippen LogP contribution in [-0.2, 0) is 0 Å². The van der Waals surface area contributed by atoms with E-state index in [4.69, 9.17) is 4.74 Å². The summed E-state index contributed by atoms with van der Waals surface area (Å²) in [6, 6.07) is 4.63. The van der Waals surface area contributed by atoms with E-state index in [0.29, 0.717) is 17.6 Å². The molecule has 3 rings (SSSR count). The van der Waals surface area contributed by atoms with Gasteiger partial charge in [-0.25, -0.2) is 0 Å². The highest BCUT2D eigenvalue weighted by atomic mass is 16.5. The van der Waals surface area contributed by atoms with Gasteiger partial charge in [0.25, 0.3) is 0 Å². The largest absolute Gasteiger partial charge is 0.488 e. The number of hydrogen-bond acceptors (Lipinski definition) is 3. The minimum absolute atomic E-state index is 0.376. The van der Waals surface area contributed by atoms with Crippen LogP contribution < -0.4 is 10.1 Å². The van der Waals surface area contributed by atoms with E-state index in [2.05, 4.69) is 17.2 Å². The molecule has 1 aromatic rings. The predicted octanol–water partition coefficient (Wildman–Crippen LogP) is 3.55. The lowest BCUT2D eigenvalue weighted by atomic mass is 9.55. The van der Waals surface area contributed by atoms with Crippen molar-refractivity contribution in [2.45, 2.75) is 64.0 Å². The Balaban J connectivity index is 1.68. The van der Waals surface area contributed by atoms with Gasteiger partial charge in [-0.1, -0.05) is 26.2 Å². The molecule has 20 heavy (non-hydrogen) atoms.